The number of rotatable bonds is 5. The number of carbonyl (C=O) groups excluding carboxylic acids is 1. The Morgan fingerprint density at radius 3 is 2.65 bits per heavy atom. The van der Waals surface area contributed by atoms with Crippen molar-refractivity contribution in [2.75, 3.05) is 14.2 Å². The maximum absolute atomic E-state index is 12.6. The summed E-state index contributed by atoms with van der Waals surface area (Å²) >= 11 is 1.25. The fraction of sp³-hybridized carbons (Fsp3) is 0.222. The van der Waals surface area contributed by atoms with Crippen LogP contribution in [0.1, 0.15) is 28.9 Å². The van der Waals surface area contributed by atoms with E-state index in [2.05, 4.69) is 10.3 Å². The molecule has 2 aromatic heterocycles. The highest BCUT2D eigenvalue weighted by atomic mass is 32.1. The van der Waals surface area contributed by atoms with Gasteiger partial charge in [0.25, 0.3) is 11.5 Å². The van der Waals surface area contributed by atoms with Gasteiger partial charge in [-0.15, -0.1) is 11.3 Å². The van der Waals surface area contributed by atoms with E-state index in [4.69, 9.17) is 9.47 Å². The molecule has 1 atom stereocenters. The first-order chi connectivity index (χ1) is 12.5. The SMILES string of the molecule is COc1ccc([C@H](C)NC(=O)c2c(O)c3sccc3[nH]c2=O)cc1OC. The Kier molecular flexibility index (Phi) is 4.85. The summed E-state index contributed by atoms with van der Waals surface area (Å²) in [4.78, 5) is 27.4. The van der Waals surface area contributed by atoms with E-state index in [1.165, 1.54) is 18.4 Å². The summed E-state index contributed by atoms with van der Waals surface area (Å²) in [6.45, 7) is 1.77. The summed E-state index contributed by atoms with van der Waals surface area (Å²) in [6, 6.07) is 6.53. The summed E-state index contributed by atoms with van der Waals surface area (Å²) in [5.41, 5.74) is 0.337. The number of aromatic nitrogens is 1. The average molecular weight is 374 g/mol. The van der Waals surface area contributed by atoms with E-state index in [0.29, 0.717) is 21.7 Å². The first-order valence-electron chi connectivity index (χ1n) is 7.81. The van der Waals surface area contributed by atoms with E-state index in [9.17, 15) is 14.7 Å². The molecule has 0 spiro atoms. The summed E-state index contributed by atoms with van der Waals surface area (Å²) in [6.07, 6.45) is 0. The molecule has 136 valence electrons. The predicted molar refractivity (Wildman–Crippen MR) is 99.5 cm³/mol. The van der Waals surface area contributed by atoms with Crippen molar-refractivity contribution in [1.29, 1.82) is 0 Å². The van der Waals surface area contributed by atoms with Crippen LogP contribution in [0.4, 0.5) is 0 Å². The highest BCUT2D eigenvalue weighted by Gasteiger charge is 2.22. The van der Waals surface area contributed by atoms with E-state index in [1.807, 2.05) is 0 Å². The van der Waals surface area contributed by atoms with Crippen molar-refractivity contribution in [2.24, 2.45) is 0 Å². The molecule has 26 heavy (non-hydrogen) atoms. The van der Waals surface area contributed by atoms with Gasteiger partial charge in [-0.2, -0.15) is 0 Å². The van der Waals surface area contributed by atoms with Gasteiger partial charge in [0, 0.05) is 0 Å². The van der Waals surface area contributed by atoms with Crippen LogP contribution in [-0.4, -0.2) is 30.2 Å². The number of thiophene rings is 1. The molecule has 2 heterocycles. The van der Waals surface area contributed by atoms with Gasteiger partial charge in [0.05, 0.1) is 30.5 Å². The number of aromatic amines is 1. The first kappa shape index (κ1) is 17.8. The molecule has 3 N–H and O–H groups in total. The highest BCUT2D eigenvalue weighted by Crippen LogP contribution is 2.31. The Morgan fingerprint density at radius 1 is 1.23 bits per heavy atom. The largest absolute Gasteiger partial charge is 0.505 e. The number of methoxy groups -OCH3 is 2. The van der Waals surface area contributed by atoms with E-state index < -0.39 is 17.5 Å². The minimum absolute atomic E-state index is 0.299. The predicted octanol–water partition coefficient (Wildman–Crippen LogP) is 2.80. The van der Waals surface area contributed by atoms with Crippen molar-refractivity contribution in [2.45, 2.75) is 13.0 Å². The minimum atomic E-state index is -0.652. The third-order valence-electron chi connectivity index (χ3n) is 4.07. The number of amides is 1. The van der Waals surface area contributed by atoms with Crippen LogP contribution in [0.2, 0.25) is 0 Å². The van der Waals surface area contributed by atoms with Crippen LogP contribution >= 0.6 is 11.3 Å². The lowest BCUT2D eigenvalue weighted by Crippen LogP contribution is -2.31. The number of benzene rings is 1. The number of ether oxygens (including phenoxy) is 2. The smallest absolute Gasteiger partial charge is 0.265 e. The number of hydrogen-bond acceptors (Lipinski definition) is 6. The van der Waals surface area contributed by atoms with Crippen molar-refractivity contribution in [3.8, 4) is 17.2 Å². The van der Waals surface area contributed by atoms with Gasteiger partial charge >= 0.3 is 0 Å². The number of H-pyrrole nitrogens is 1. The molecule has 0 bridgehead atoms. The third-order valence-corrected chi connectivity index (χ3v) is 5.00. The van der Waals surface area contributed by atoms with Crippen molar-refractivity contribution in [3.63, 3.8) is 0 Å². The van der Waals surface area contributed by atoms with Gasteiger partial charge in [0.1, 0.15) is 5.56 Å². The van der Waals surface area contributed by atoms with Gasteiger partial charge < -0.3 is 24.9 Å². The van der Waals surface area contributed by atoms with Gasteiger partial charge in [0.2, 0.25) is 0 Å². The van der Waals surface area contributed by atoms with Crippen LogP contribution < -0.4 is 20.3 Å². The molecule has 3 rings (SSSR count). The van der Waals surface area contributed by atoms with Crippen molar-refractivity contribution < 1.29 is 19.4 Å². The highest BCUT2D eigenvalue weighted by molar-refractivity contribution is 7.17. The van der Waals surface area contributed by atoms with Crippen molar-refractivity contribution >= 4 is 27.5 Å². The fourth-order valence-electron chi connectivity index (χ4n) is 2.68. The summed E-state index contributed by atoms with van der Waals surface area (Å²) in [7, 11) is 3.07. The lowest BCUT2D eigenvalue weighted by molar-refractivity contribution is 0.0936. The van der Waals surface area contributed by atoms with E-state index in [-0.39, 0.29) is 11.3 Å². The lowest BCUT2D eigenvalue weighted by Gasteiger charge is -2.16. The number of carbonyl (C=O) groups is 1. The molecule has 0 aliphatic carbocycles. The zero-order valence-corrected chi connectivity index (χ0v) is 15.3. The molecule has 0 saturated carbocycles. The molecule has 1 aromatic carbocycles. The maximum Gasteiger partial charge on any atom is 0.265 e. The number of hydrogen-bond donors (Lipinski definition) is 3. The fourth-order valence-corrected chi connectivity index (χ4v) is 3.48. The van der Waals surface area contributed by atoms with Crippen LogP contribution in [0.3, 0.4) is 0 Å². The second-order valence-electron chi connectivity index (χ2n) is 5.65. The van der Waals surface area contributed by atoms with Crippen molar-refractivity contribution in [3.05, 3.63) is 51.1 Å². The van der Waals surface area contributed by atoms with Gasteiger partial charge in [0.15, 0.2) is 17.2 Å². The number of nitrogens with one attached hydrogen (secondary N) is 2. The Labute approximate surface area is 153 Å². The van der Waals surface area contributed by atoms with E-state index >= 15 is 0 Å². The zero-order valence-electron chi connectivity index (χ0n) is 14.5. The van der Waals surface area contributed by atoms with Crippen LogP contribution in [0.25, 0.3) is 10.2 Å². The second-order valence-corrected chi connectivity index (χ2v) is 6.57. The van der Waals surface area contributed by atoms with Crippen LogP contribution in [-0.2, 0) is 0 Å². The molecule has 0 fully saturated rings. The Morgan fingerprint density at radius 2 is 1.96 bits per heavy atom. The lowest BCUT2D eigenvalue weighted by atomic mass is 10.1. The Hall–Kier alpha value is -3.00. The number of fused-ring (bicyclic) bond motifs is 1. The molecule has 7 nitrogen and oxygen atoms in total. The Balaban J connectivity index is 1.89. The number of pyridine rings is 1. The second kappa shape index (κ2) is 7.09. The Bertz CT molecular complexity index is 1020. The normalized spacial score (nSPS) is 12.0. The maximum atomic E-state index is 12.6. The molecule has 1 amide bonds. The molecular formula is C18H18N2O5S. The molecule has 0 saturated heterocycles. The number of aromatic hydroxyl groups is 1. The monoisotopic (exact) mass is 374 g/mol. The summed E-state index contributed by atoms with van der Waals surface area (Å²) in [5.74, 6) is 0.149. The molecule has 0 aliphatic rings. The topological polar surface area (TPSA) is 101 Å². The molecule has 3 aromatic rings. The van der Waals surface area contributed by atoms with Crippen LogP contribution in [0.5, 0.6) is 17.2 Å². The summed E-state index contributed by atoms with van der Waals surface area (Å²) < 4.78 is 10.9. The molecule has 0 unspecified atom stereocenters. The standard InChI is InChI=1S/C18H18N2O5S/c1-9(10-4-5-12(24-2)13(8-10)25-3)19-17(22)14-15(21)16-11(6-7-26-16)20-18(14)23/h4-9H,1-3H3,(H,19,22)(H2,20,21,23)/t9-/m0/s1. The quantitative estimate of drug-likeness (QED) is 0.638. The van der Waals surface area contributed by atoms with Crippen LogP contribution in [0.15, 0.2) is 34.4 Å². The molecule has 0 aliphatic heterocycles. The van der Waals surface area contributed by atoms with Gasteiger partial charge in [-0.25, -0.2) is 0 Å². The van der Waals surface area contributed by atoms with Gasteiger partial charge in [-0.05, 0) is 36.1 Å². The molecular weight excluding hydrogens is 356 g/mol. The minimum Gasteiger partial charge on any atom is -0.505 e. The van der Waals surface area contributed by atoms with Crippen LogP contribution in [0, 0.1) is 0 Å². The summed E-state index contributed by atoms with van der Waals surface area (Å²) in [5, 5.41) is 14.8. The third kappa shape index (κ3) is 3.11. The van der Waals surface area contributed by atoms with Gasteiger partial charge in [-0.3, -0.25) is 9.59 Å². The van der Waals surface area contributed by atoms with E-state index in [0.717, 1.165) is 5.56 Å². The molecule has 0 radical (unpaired) electrons. The first-order valence-corrected chi connectivity index (χ1v) is 8.69. The van der Waals surface area contributed by atoms with E-state index in [1.54, 1.807) is 43.7 Å². The average Bonchev–Trinajstić information content (AvgIpc) is 3.09. The van der Waals surface area contributed by atoms with Gasteiger partial charge in [-0.1, -0.05) is 6.07 Å². The van der Waals surface area contributed by atoms with Crippen molar-refractivity contribution in [1.82, 2.24) is 10.3 Å². The zero-order chi connectivity index (χ0) is 18.8. The molecule has 8 heteroatoms.